The molecule has 0 saturated carbocycles. The summed E-state index contributed by atoms with van der Waals surface area (Å²) in [5.41, 5.74) is 10.1. The minimum atomic E-state index is 0.359. The largest absolute Gasteiger partial charge is 0.454 e. The van der Waals surface area contributed by atoms with Gasteiger partial charge in [0.1, 0.15) is 17.2 Å². The van der Waals surface area contributed by atoms with Gasteiger partial charge < -0.3 is 18.0 Å². The Hall–Kier alpha value is -8.57. The molecule has 0 fully saturated rings. The van der Waals surface area contributed by atoms with Crippen molar-refractivity contribution in [3.8, 4) is 40.7 Å². The molecular weight excluding hydrogens is 715 g/mol. The van der Waals surface area contributed by atoms with Crippen LogP contribution in [0.3, 0.4) is 0 Å². The first-order chi connectivity index (χ1) is 28.6. The highest BCUT2D eigenvalue weighted by molar-refractivity contribution is 6.23. The van der Waals surface area contributed by atoms with Gasteiger partial charge in [-0.15, -0.1) is 0 Å². The van der Waals surface area contributed by atoms with Gasteiger partial charge in [-0.2, -0.15) is 15.8 Å². The van der Waals surface area contributed by atoms with Crippen LogP contribution in [0.1, 0.15) is 16.7 Å². The summed E-state index contributed by atoms with van der Waals surface area (Å²) in [7, 11) is 0. The third kappa shape index (κ3) is 4.23. The minimum Gasteiger partial charge on any atom is -0.454 e. The number of nitriles is 3. The van der Waals surface area contributed by atoms with Crippen LogP contribution in [0.5, 0.6) is 0 Å². The summed E-state index contributed by atoms with van der Waals surface area (Å²) >= 11 is 0. The Labute approximate surface area is 329 Å². The first kappa shape index (κ1) is 31.7. The van der Waals surface area contributed by atoms with Crippen LogP contribution in [-0.4, -0.2) is 9.13 Å². The van der Waals surface area contributed by atoms with Crippen molar-refractivity contribution in [2.24, 2.45) is 0 Å². The molecule has 7 heteroatoms. The summed E-state index contributed by atoms with van der Waals surface area (Å²) in [6.45, 7) is 0. The number of hydrogen-bond donors (Lipinski definition) is 0. The van der Waals surface area contributed by atoms with E-state index in [2.05, 4.69) is 75.9 Å². The lowest BCUT2D eigenvalue weighted by molar-refractivity contribution is 0.670. The average molecular weight is 740 g/mol. The Balaban J connectivity index is 1.18. The van der Waals surface area contributed by atoms with E-state index in [9.17, 15) is 15.8 Å². The van der Waals surface area contributed by atoms with Gasteiger partial charge in [0, 0.05) is 54.3 Å². The number of fused-ring (bicyclic) bond motifs is 14. The van der Waals surface area contributed by atoms with Gasteiger partial charge in [-0.25, -0.2) is 0 Å². The van der Waals surface area contributed by atoms with Gasteiger partial charge in [0.25, 0.3) is 0 Å². The van der Waals surface area contributed by atoms with Crippen molar-refractivity contribution in [3.05, 3.63) is 168 Å². The Morgan fingerprint density at radius 3 is 1.50 bits per heavy atom. The topological polar surface area (TPSA) is 108 Å². The highest BCUT2D eigenvalue weighted by Crippen LogP contribution is 2.44. The number of benzene rings is 8. The fraction of sp³-hybridized carbons (Fsp3) is 0. The third-order valence-corrected chi connectivity index (χ3v) is 11.6. The van der Waals surface area contributed by atoms with Crippen LogP contribution in [0.15, 0.2) is 160 Å². The van der Waals surface area contributed by atoms with Crippen molar-refractivity contribution in [1.82, 2.24) is 9.13 Å². The van der Waals surface area contributed by atoms with E-state index in [0.717, 1.165) is 87.6 Å². The summed E-state index contributed by atoms with van der Waals surface area (Å²) in [6.07, 6.45) is 0. The predicted octanol–water partition coefficient (Wildman–Crippen LogP) is 13.0. The Morgan fingerprint density at radius 1 is 0.414 bits per heavy atom. The standard InChI is InChI=1S/C51H25N5O2/c52-26-29-21-31(25-32(22-29)55-43-13-5-1-9-33(43)37-17-19-39-35-11-3-7-15-46(35)57-50(39)48(37)55)41-23-30(27-53)24-45(42(41)28-54)56-44-14-6-2-10-34(44)38-18-20-40-36-12-4-8-16-47(36)58-51(40)49(38)56/h1-25H. The number of nitrogens with zero attached hydrogens (tertiary/aromatic N) is 5. The van der Waals surface area contributed by atoms with Crippen molar-refractivity contribution >= 4 is 87.5 Å². The molecule has 7 nitrogen and oxygen atoms in total. The maximum absolute atomic E-state index is 11.2. The summed E-state index contributed by atoms with van der Waals surface area (Å²) in [6, 6.07) is 57.1. The van der Waals surface area contributed by atoms with Crippen LogP contribution >= 0.6 is 0 Å². The first-order valence-electron chi connectivity index (χ1n) is 18.8. The van der Waals surface area contributed by atoms with E-state index in [4.69, 9.17) is 8.83 Å². The predicted molar refractivity (Wildman–Crippen MR) is 229 cm³/mol. The van der Waals surface area contributed by atoms with Crippen molar-refractivity contribution in [2.45, 2.75) is 0 Å². The lowest BCUT2D eigenvalue weighted by Gasteiger charge is -2.16. The van der Waals surface area contributed by atoms with Crippen LogP contribution < -0.4 is 0 Å². The Kier molecular flexibility index (Phi) is 6.41. The van der Waals surface area contributed by atoms with Gasteiger partial charge in [0.2, 0.25) is 0 Å². The molecule has 0 saturated heterocycles. The van der Waals surface area contributed by atoms with Gasteiger partial charge in [0.15, 0.2) is 11.2 Å². The fourth-order valence-corrected chi connectivity index (χ4v) is 9.15. The normalized spacial score (nSPS) is 11.7. The van der Waals surface area contributed by atoms with E-state index in [1.807, 2.05) is 84.9 Å². The summed E-state index contributed by atoms with van der Waals surface area (Å²) < 4.78 is 17.4. The lowest BCUT2D eigenvalue weighted by atomic mass is 9.94. The number of aromatic nitrogens is 2. The second-order valence-electron chi connectivity index (χ2n) is 14.6. The number of hydrogen-bond acceptors (Lipinski definition) is 5. The van der Waals surface area contributed by atoms with Gasteiger partial charge in [-0.3, -0.25) is 0 Å². The van der Waals surface area contributed by atoms with Crippen LogP contribution in [0, 0.1) is 34.0 Å². The molecule has 8 aromatic carbocycles. The third-order valence-electron chi connectivity index (χ3n) is 11.6. The molecule has 0 aliphatic heterocycles. The van der Waals surface area contributed by atoms with Gasteiger partial charge in [-0.05, 0) is 72.3 Å². The molecule has 0 aliphatic carbocycles. The molecule has 266 valence electrons. The molecule has 12 aromatic rings. The van der Waals surface area contributed by atoms with E-state index in [-0.39, 0.29) is 0 Å². The zero-order chi connectivity index (χ0) is 38.6. The van der Waals surface area contributed by atoms with Gasteiger partial charge >= 0.3 is 0 Å². The van der Waals surface area contributed by atoms with E-state index >= 15 is 0 Å². The van der Waals surface area contributed by atoms with Crippen molar-refractivity contribution in [1.29, 1.82) is 15.8 Å². The maximum Gasteiger partial charge on any atom is 0.160 e. The highest BCUT2D eigenvalue weighted by atomic mass is 16.3. The summed E-state index contributed by atoms with van der Waals surface area (Å²) in [5.74, 6) is 0. The molecule has 0 unspecified atom stereocenters. The van der Waals surface area contributed by atoms with Crippen molar-refractivity contribution < 1.29 is 8.83 Å². The molecule has 0 spiro atoms. The van der Waals surface area contributed by atoms with E-state index < -0.39 is 0 Å². The number of para-hydroxylation sites is 4. The maximum atomic E-state index is 11.2. The number of rotatable bonds is 3. The molecule has 0 radical (unpaired) electrons. The molecule has 0 amide bonds. The van der Waals surface area contributed by atoms with Crippen LogP contribution in [0.2, 0.25) is 0 Å². The minimum absolute atomic E-state index is 0.359. The highest BCUT2D eigenvalue weighted by Gasteiger charge is 2.24. The van der Waals surface area contributed by atoms with Crippen molar-refractivity contribution in [3.63, 3.8) is 0 Å². The molecule has 12 rings (SSSR count). The smallest absolute Gasteiger partial charge is 0.160 e. The monoisotopic (exact) mass is 739 g/mol. The molecule has 4 heterocycles. The van der Waals surface area contributed by atoms with Crippen molar-refractivity contribution in [2.75, 3.05) is 0 Å². The quantitative estimate of drug-likeness (QED) is 0.179. The Bertz CT molecular complexity index is 3910. The SMILES string of the molecule is N#Cc1cc(-c2cc(C#N)cc(-n3c4ccccc4c4ccc5c6ccccc6oc5c43)c2C#N)cc(-n2c3ccccc3c3ccc4c5ccccc5oc4c32)c1. The fourth-order valence-electron chi connectivity index (χ4n) is 9.15. The molecule has 0 aliphatic rings. The number of furan rings is 2. The summed E-state index contributed by atoms with van der Waals surface area (Å²) in [5, 5.41) is 40.3. The van der Waals surface area contributed by atoms with Crippen LogP contribution in [0.25, 0.3) is 110 Å². The summed E-state index contributed by atoms with van der Waals surface area (Å²) in [4.78, 5) is 0. The lowest BCUT2D eigenvalue weighted by Crippen LogP contribution is -2.02. The van der Waals surface area contributed by atoms with Crippen LogP contribution in [-0.2, 0) is 0 Å². The van der Waals surface area contributed by atoms with Crippen LogP contribution in [0.4, 0.5) is 0 Å². The molecular formula is C51H25N5O2. The molecule has 0 bridgehead atoms. The van der Waals surface area contributed by atoms with E-state index in [0.29, 0.717) is 39.1 Å². The molecule has 0 atom stereocenters. The van der Waals surface area contributed by atoms with E-state index in [1.54, 1.807) is 18.2 Å². The van der Waals surface area contributed by atoms with Gasteiger partial charge in [-0.1, -0.05) is 84.9 Å². The molecule has 4 aromatic heterocycles. The average Bonchev–Trinajstić information content (AvgIpc) is 4.03. The zero-order valence-electron chi connectivity index (χ0n) is 30.5. The second kappa shape index (κ2) is 11.7. The zero-order valence-corrected chi connectivity index (χ0v) is 30.5. The molecule has 0 N–H and O–H groups in total. The van der Waals surface area contributed by atoms with Gasteiger partial charge in [0.05, 0.1) is 56.6 Å². The second-order valence-corrected chi connectivity index (χ2v) is 14.6. The first-order valence-corrected chi connectivity index (χ1v) is 18.8. The van der Waals surface area contributed by atoms with E-state index in [1.165, 1.54) is 0 Å². The Morgan fingerprint density at radius 2 is 0.914 bits per heavy atom. The molecule has 58 heavy (non-hydrogen) atoms.